The summed E-state index contributed by atoms with van der Waals surface area (Å²) in [6.07, 6.45) is 7.07. The van der Waals surface area contributed by atoms with Crippen molar-refractivity contribution in [3.05, 3.63) is 53.3 Å². The van der Waals surface area contributed by atoms with Gasteiger partial charge in [-0.25, -0.2) is 0 Å². The molecule has 0 atom stereocenters. The van der Waals surface area contributed by atoms with Crippen LogP contribution in [0.3, 0.4) is 0 Å². The van der Waals surface area contributed by atoms with Crippen LogP contribution in [0.15, 0.2) is 36.6 Å². The molecule has 1 nitrogen and oxygen atoms in total. The highest BCUT2D eigenvalue weighted by Gasteiger charge is 2.11. The number of rotatable bonds is 2. The molecule has 0 amide bonds. The van der Waals surface area contributed by atoms with Crippen molar-refractivity contribution in [3.63, 3.8) is 0 Å². The summed E-state index contributed by atoms with van der Waals surface area (Å²) in [6, 6.07) is 7.53. The highest BCUT2D eigenvalue weighted by atomic mass is 28.3. The summed E-state index contributed by atoms with van der Waals surface area (Å²) in [7, 11) is 0.605. The topological polar surface area (TPSA) is 9.23 Å². The Morgan fingerprint density at radius 1 is 1.30 bits per heavy atom. The van der Waals surface area contributed by atoms with Crippen LogP contribution in [0.2, 0.25) is 25.7 Å². The molecular weight excluding hydrogens is 260 g/mol. The maximum atomic E-state index is 5.16. The lowest BCUT2D eigenvalue weighted by atomic mass is 9.92. The zero-order valence-electron chi connectivity index (χ0n) is 12.8. The van der Waals surface area contributed by atoms with E-state index in [2.05, 4.69) is 61.8 Å². The molecule has 1 aromatic carbocycles. The number of benzene rings is 1. The van der Waals surface area contributed by atoms with Gasteiger partial charge in [0.05, 0.1) is 21.4 Å². The zero-order valence-corrected chi connectivity index (χ0v) is 13.8. The number of allylic oxidation sites excluding steroid dienone is 3. The average Bonchev–Trinajstić information content (AvgIpc) is 2.38. The maximum absolute atomic E-state index is 5.16. The van der Waals surface area contributed by atoms with Crippen molar-refractivity contribution in [2.24, 2.45) is 0 Å². The molecule has 1 aliphatic rings. The molecule has 104 valence electrons. The van der Waals surface area contributed by atoms with Gasteiger partial charge in [-0.1, -0.05) is 43.8 Å². The summed E-state index contributed by atoms with van der Waals surface area (Å²) < 4.78 is 5.16. The standard InChI is InChI=1S/C18H22OSi/c1-19-14-17-9-5-8-16-11-10-15(13-18(16)17)7-6-12-20(2,3)4/h5,9-11,13-14H,8,12H2,1-4H3. The lowest BCUT2D eigenvalue weighted by Gasteiger charge is -2.14. The second-order valence-corrected chi connectivity index (χ2v) is 11.8. The Balaban J connectivity index is 2.28. The van der Waals surface area contributed by atoms with Crippen molar-refractivity contribution >= 4 is 13.6 Å². The number of methoxy groups -OCH3 is 1. The molecule has 0 spiro atoms. The minimum absolute atomic E-state index is 0.985. The Morgan fingerprint density at radius 3 is 2.80 bits per heavy atom. The molecule has 0 saturated carbocycles. The number of hydrogen-bond donors (Lipinski definition) is 0. The summed E-state index contributed by atoms with van der Waals surface area (Å²) >= 11 is 0. The quantitative estimate of drug-likeness (QED) is 0.441. The van der Waals surface area contributed by atoms with Crippen LogP contribution in [0, 0.1) is 11.8 Å². The van der Waals surface area contributed by atoms with Crippen molar-refractivity contribution < 1.29 is 4.74 Å². The number of fused-ring (bicyclic) bond motifs is 1. The smallest absolute Gasteiger partial charge is 0.0903 e. The summed E-state index contributed by atoms with van der Waals surface area (Å²) in [6.45, 7) is 7.04. The first-order valence-electron chi connectivity index (χ1n) is 7.01. The second-order valence-electron chi connectivity index (χ2n) is 6.33. The lowest BCUT2D eigenvalue weighted by molar-refractivity contribution is 0.340. The molecule has 20 heavy (non-hydrogen) atoms. The summed E-state index contributed by atoms with van der Waals surface area (Å²) in [5, 5.41) is 0. The molecule has 0 saturated heterocycles. The molecule has 0 N–H and O–H groups in total. The van der Waals surface area contributed by atoms with E-state index in [4.69, 9.17) is 4.74 Å². The van der Waals surface area contributed by atoms with Gasteiger partial charge in [0.25, 0.3) is 0 Å². The Hall–Kier alpha value is -1.72. The SMILES string of the molecule is COC=C1C=CCc2ccc(C#CC[Si](C)(C)C)cc21. The van der Waals surface area contributed by atoms with E-state index in [1.165, 1.54) is 11.1 Å². The van der Waals surface area contributed by atoms with Crippen molar-refractivity contribution in [1.82, 2.24) is 0 Å². The maximum Gasteiger partial charge on any atom is 0.0903 e. The molecule has 0 heterocycles. The molecule has 1 aliphatic carbocycles. The highest BCUT2D eigenvalue weighted by Crippen LogP contribution is 2.26. The zero-order chi connectivity index (χ0) is 14.6. The normalized spacial score (nSPS) is 15.5. The van der Waals surface area contributed by atoms with Gasteiger partial charge in [0.2, 0.25) is 0 Å². The van der Waals surface area contributed by atoms with Gasteiger partial charge in [0.1, 0.15) is 0 Å². The Bertz CT molecular complexity index is 607. The molecule has 2 heteroatoms. The van der Waals surface area contributed by atoms with E-state index in [1.54, 1.807) is 13.4 Å². The fourth-order valence-corrected chi connectivity index (χ4v) is 2.76. The molecule has 0 radical (unpaired) electrons. The summed E-state index contributed by atoms with van der Waals surface area (Å²) in [5.74, 6) is 6.64. The molecule has 0 unspecified atom stereocenters. The fraction of sp³-hybridized carbons (Fsp3) is 0.333. The van der Waals surface area contributed by atoms with Gasteiger partial charge in [0.15, 0.2) is 0 Å². The van der Waals surface area contributed by atoms with E-state index in [9.17, 15) is 0 Å². The van der Waals surface area contributed by atoms with Gasteiger partial charge >= 0.3 is 0 Å². The molecule has 0 fully saturated rings. The Kier molecular flexibility index (Phi) is 4.52. The average molecular weight is 282 g/mol. The van der Waals surface area contributed by atoms with Crippen LogP contribution in [-0.4, -0.2) is 15.2 Å². The third kappa shape index (κ3) is 3.88. The largest absolute Gasteiger partial charge is 0.504 e. The van der Waals surface area contributed by atoms with Crippen LogP contribution < -0.4 is 0 Å². The summed E-state index contributed by atoms with van der Waals surface area (Å²) in [5.41, 5.74) is 4.81. The second kappa shape index (κ2) is 6.15. The van der Waals surface area contributed by atoms with Gasteiger partial charge in [-0.15, -0.1) is 5.92 Å². The highest BCUT2D eigenvalue weighted by molar-refractivity contribution is 6.76. The first-order valence-corrected chi connectivity index (χ1v) is 10.7. The Morgan fingerprint density at radius 2 is 2.10 bits per heavy atom. The molecule has 2 rings (SSSR count). The van der Waals surface area contributed by atoms with Crippen molar-refractivity contribution in [1.29, 1.82) is 0 Å². The molecule has 0 aromatic heterocycles. The van der Waals surface area contributed by atoms with E-state index in [0.717, 1.165) is 23.6 Å². The number of ether oxygens (including phenoxy) is 1. The molecule has 0 bridgehead atoms. The monoisotopic (exact) mass is 282 g/mol. The van der Waals surface area contributed by atoms with Gasteiger partial charge in [-0.05, 0) is 29.7 Å². The van der Waals surface area contributed by atoms with Gasteiger partial charge in [-0.3, -0.25) is 0 Å². The van der Waals surface area contributed by atoms with E-state index in [1.807, 2.05) is 0 Å². The van der Waals surface area contributed by atoms with E-state index >= 15 is 0 Å². The van der Waals surface area contributed by atoms with Crippen LogP contribution in [-0.2, 0) is 11.2 Å². The molecule has 0 aliphatic heterocycles. The van der Waals surface area contributed by atoms with E-state index < -0.39 is 8.07 Å². The lowest BCUT2D eigenvalue weighted by Crippen LogP contribution is -2.17. The Labute approximate surface area is 123 Å². The molecular formula is C18H22OSi. The minimum Gasteiger partial charge on any atom is -0.504 e. The van der Waals surface area contributed by atoms with Crippen LogP contribution in [0.5, 0.6) is 0 Å². The molecule has 1 aromatic rings. The fourth-order valence-electron chi connectivity index (χ4n) is 2.14. The van der Waals surface area contributed by atoms with E-state index in [-0.39, 0.29) is 0 Å². The van der Waals surface area contributed by atoms with Crippen molar-refractivity contribution in [2.75, 3.05) is 7.11 Å². The van der Waals surface area contributed by atoms with Gasteiger partial charge in [-0.2, -0.15) is 0 Å². The minimum atomic E-state index is -1.08. The van der Waals surface area contributed by atoms with Gasteiger partial charge < -0.3 is 4.74 Å². The van der Waals surface area contributed by atoms with Crippen LogP contribution in [0.4, 0.5) is 0 Å². The summed E-state index contributed by atoms with van der Waals surface area (Å²) in [4.78, 5) is 0. The predicted octanol–water partition coefficient (Wildman–Crippen LogP) is 4.48. The third-order valence-corrected chi connectivity index (χ3v) is 4.39. The van der Waals surface area contributed by atoms with Crippen molar-refractivity contribution in [3.8, 4) is 11.8 Å². The first kappa shape index (κ1) is 14.7. The van der Waals surface area contributed by atoms with E-state index in [0.29, 0.717) is 0 Å². The van der Waals surface area contributed by atoms with Crippen LogP contribution in [0.25, 0.3) is 5.57 Å². The number of hydrogen-bond acceptors (Lipinski definition) is 1. The predicted molar refractivity (Wildman–Crippen MR) is 89.3 cm³/mol. The van der Waals surface area contributed by atoms with Crippen molar-refractivity contribution in [2.45, 2.75) is 32.1 Å². The first-order chi connectivity index (χ1) is 9.49. The van der Waals surface area contributed by atoms with Crippen LogP contribution in [0.1, 0.15) is 16.7 Å². The van der Waals surface area contributed by atoms with Crippen LogP contribution >= 0.6 is 0 Å². The van der Waals surface area contributed by atoms with Gasteiger partial charge in [0, 0.05) is 17.2 Å². The third-order valence-electron chi connectivity index (χ3n) is 3.15.